The molecule has 0 amide bonds. The van der Waals surface area contributed by atoms with Crippen molar-refractivity contribution >= 4 is 0 Å². The van der Waals surface area contributed by atoms with Crippen LogP contribution in [0, 0.1) is 5.92 Å². The van der Waals surface area contributed by atoms with E-state index < -0.39 is 0 Å². The SMILES string of the molecule is COc1ccc([C@H](C)CC2CC2c2ccnc(C(C)C)c2)nc1. The Morgan fingerprint density at radius 1 is 1.13 bits per heavy atom. The molecule has 23 heavy (non-hydrogen) atoms. The number of ether oxygens (including phenoxy) is 1. The lowest BCUT2D eigenvalue weighted by atomic mass is 9.97. The molecule has 122 valence electrons. The van der Waals surface area contributed by atoms with Crippen molar-refractivity contribution in [1.82, 2.24) is 9.97 Å². The third-order valence-corrected chi connectivity index (χ3v) is 4.90. The summed E-state index contributed by atoms with van der Waals surface area (Å²) in [4.78, 5) is 9.01. The van der Waals surface area contributed by atoms with Gasteiger partial charge < -0.3 is 4.74 Å². The molecule has 0 saturated heterocycles. The maximum Gasteiger partial charge on any atom is 0.137 e. The summed E-state index contributed by atoms with van der Waals surface area (Å²) in [5.41, 5.74) is 3.83. The summed E-state index contributed by atoms with van der Waals surface area (Å²) in [6.07, 6.45) is 6.27. The van der Waals surface area contributed by atoms with Gasteiger partial charge in [-0.2, -0.15) is 0 Å². The number of hydrogen-bond donors (Lipinski definition) is 0. The second-order valence-electron chi connectivity index (χ2n) is 7.03. The Bertz CT molecular complexity index is 651. The molecule has 1 saturated carbocycles. The van der Waals surface area contributed by atoms with Crippen LogP contribution in [0.1, 0.15) is 68.3 Å². The van der Waals surface area contributed by atoms with Crippen LogP contribution in [-0.4, -0.2) is 17.1 Å². The minimum atomic E-state index is 0.488. The zero-order valence-corrected chi connectivity index (χ0v) is 14.5. The quantitative estimate of drug-likeness (QED) is 0.760. The van der Waals surface area contributed by atoms with Crippen LogP contribution in [0.15, 0.2) is 36.7 Å². The van der Waals surface area contributed by atoms with E-state index in [4.69, 9.17) is 4.74 Å². The van der Waals surface area contributed by atoms with E-state index in [9.17, 15) is 0 Å². The largest absolute Gasteiger partial charge is 0.495 e. The number of methoxy groups -OCH3 is 1. The predicted octanol–water partition coefficient (Wildman–Crippen LogP) is 4.91. The molecule has 0 radical (unpaired) electrons. The van der Waals surface area contributed by atoms with Crippen molar-refractivity contribution in [1.29, 1.82) is 0 Å². The van der Waals surface area contributed by atoms with Crippen LogP contribution in [-0.2, 0) is 0 Å². The molecule has 1 aliphatic carbocycles. The molecule has 3 nitrogen and oxygen atoms in total. The first kappa shape index (κ1) is 16.0. The summed E-state index contributed by atoms with van der Waals surface area (Å²) >= 11 is 0. The molecule has 3 rings (SSSR count). The first-order chi connectivity index (χ1) is 11.1. The van der Waals surface area contributed by atoms with E-state index in [1.165, 1.54) is 24.1 Å². The van der Waals surface area contributed by atoms with Gasteiger partial charge in [0.05, 0.1) is 13.3 Å². The van der Waals surface area contributed by atoms with Gasteiger partial charge in [0.2, 0.25) is 0 Å². The molecule has 3 atom stereocenters. The zero-order chi connectivity index (χ0) is 16.4. The molecule has 0 N–H and O–H groups in total. The second-order valence-corrected chi connectivity index (χ2v) is 7.03. The van der Waals surface area contributed by atoms with Gasteiger partial charge in [0, 0.05) is 17.6 Å². The number of aromatic nitrogens is 2. The van der Waals surface area contributed by atoms with E-state index in [0.29, 0.717) is 17.8 Å². The third kappa shape index (κ3) is 3.72. The van der Waals surface area contributed by atoms with Crippen molar-refractivity contribution in [3.05, 3.63) is 53.6 Å². The monoisotopic (exact) mass is 310 g/mol. The standard InChI is InChI=1S/C20H26N2O/c1-13(2)20-11-15(7-8-21-20)18-10-16(18)9-14(3)19-6-5-17(23-4)12-22-19/h5-8,11-14,16,18H,9-10H2,1-4H3/t14-,16?,18?/m1/s1. The Morgan fingerprint density at radius 2 is 1.96 bits per heavy atom. The summed E-state index contributed by atoms with van der Waals surface area (Å²) < 4.78 is 5.18. The Balaban J connectivity index is 1.61. The molecule has 2 aromatic rings. The van der Waals surface area contributed by atoms with Crippen LogP contribution in [0.3, 0.4) is 0 Å². The average Bonchev–Trinajstić information content (AvgIpc) is 3.34. The second kappa shape index (κ2) is 6.69. The summed E-state index contributed by atoms with van der Waals surface area (Å²) in [6, 6.07) is 8.57. The van der Waals surface area contributed by atoms with Gasteiger partial charge >= 0.3 is 0 Å². The molecule has 0 spiro atoms. The van der Waals surface area contributed by atoms with E-state index in [-0.39, 0.29) is 0 Å². The minimum Gasteiger partial charge on any atom is -0.495 e. The molecule has 2 aromatic heterocycles. The molecular formula is C20H26N2O. The lowest BCUT2D eigenvalue weighted by molar-refractivity contribution is 0.412. The van der Waals surface area contributed by atoms with Crippen LogP contribution < -0.4 is 4.74 Å². The topological polar surface area (TPSA) is 35.0 Å². The maximum atomic E-state index is 5.18. The van der Waals surface area contributed by atoms with E-state index in [0.717, 1.165) is 17.4 Å². The van der Waals surface area contributed by atoms with E-state index in [1.54, 1.807) is 7.11 Å². The highest BCUT2D eigenvalue weighted by atomic mass is 16.5. The van der Waals surface area contributed by atoms with Crippen molar-refractivity contribution in [3.63, 3.8) is 0 Å². The van der Waals surface area contributed by atoms with Crippen molar-refractivity contribution in [2.45, 2.75) is 51.4 Å². The van der Waals surface area contributed by atoms with Gasteiger partial charge in [-0.15, -0.1) is 0 Å². The number of hydrogen-bond acceptors (Lipinski definition) is 3. The molecule has 1 fully saturated rings. The number of rotatable bonds is 6. The van der Waals surface area contributed by atoms with Gasteiger partial charge in [0.15, 0.2) is 0 Å². The molecule has 1 aliphatic rings. The molecule has 3 heteroatoms. The summed E-state index contributed by atoms with van der Waals surface area (Å²) in [5, 5.41) is 0. The van der Waals surface area contributed by atoms with E-state index >= 15 is 0 Å². The van der Waals surface area contributed by atoms with Crippen LogP contribution in [0.25, 0.3) is 0 Å². The Kier molecular flexibility index (Phi) is 4.65. The highest BCUT2D eigenvalue weighted by Gasteiger charge is 2.39. The smallest absolute Gasteiger partial charge is 0.137 e. The van der Waals surface area contributed by atoms with Crippen molar-refractivity contribution < 1.29 is 4.74 Å². The average molecular weight is 310 g/mol. The van der Waals surface area contributed by atoms with Crippen LogP contribution in [0.4, 0.5) is 0 Å². The minimum absolute atomic E-state index is 0.488. The normalized spacial score (nSPS) is 21.3. The van der Waals surface area contributed by atoms with E-state index in [2.05, 4.69) is 48.9 Å². The van der Waals surface area contributed by atoms with Gasteiger partial charge in [-0.05, 0) is 66.3 Å². The van der Waals surface area contributed by atoms with Crippen molar-refractivity contribution in [2.75, 3.05) is 7.11 Å². The van der Waals surface area contributed by atoms with Gasteiger partial charge in [0.25, 0.3) is 0 Å². The summed E-state index contributed by atoms with van der Waals surface area (Å²) in [5.74, 6) is 3.28. The lowest BCUT2D eigenvalue weighted by Gasteiger charge is -2.12. The van der Waals surface area contributed by atoms with Crippen molar-refractivity contribution in [2.24, 2.45) is 5.92 Å². The van der Waals surface area contributed by atoms with Crippen LogP contribution in [0.2, 0.25) is 0 Å². The molecule has 0 bridgehead atoms. The Morgan fingerprint density at radius 3 is 2.61 bits per heavy atom. The predicted molar refractivity (Wildman–Crippen MR) is 93.0 cm³/mol. The lowest BCUT2D eigenvalue weighted by Crippen LogP contribution is -2.00. The van der Waals surface area contributed by atoms with E-state index in [1.807, 2.05) is 18.5 Å². The highest BCUT2D eigenvalue weighted by molar-refractivity contribution is 5.28. The van der Waals surface area contributed by atoms with Crippen LogP contribution in [0.5, 0.6) is 5.75 Å². The van der Waals surface area contributed by atoms with Gasteiger partial charge in [-0.25, -0.2) is 0 Å². The Hall–Kier alpha value is -1.90. The fourth-order valence-electron chi connectivity index (χ4n) is 3.31. The first-order valence-electron chi connectivity index (χ1n) is 8.54. The molecule has 2 unspecified atom stereocenters. The third-order valence-electron chi connectivity index (χ3n) is 4.90. The zero-order valence-electron chi connectivity index (χ0n) is 14.5. The van der Waals surface area contributed by atoms with Crippen LogP contribution >= 0.6 is 0 Å². The van der Waals surface area contributed by atoms with Crippen molar-refractivity contribution in [3.8, 4) is 5.75 Å². The first-order valence-corrected chi connectivity index (χ1v) is 8.54. The summed E-state index contributed by atoms with van der Waals surface area (Å²) in [6.45, 7) is 6.68. The fraction of sp³-hybridized carbons (Fsp3) is 0.500. The van der Waals surface area contributed by atoms with Gasteiger partial charge in [-0.3, -0.25) is 9.97 Å². The number of nitrogens with zero attached hydrogens (tertiary/aromatic N) is 2. The fourth-order valence-corrected chi connectivity index (χ4v) is 3.31. The maximum absolute atomic E-state index is 5.18. The number of pyridine rings is 2. The molecule has 2 heterocycles. The summed E-state index contributed by atoms with van der Waals surface area (Å²) in [7, 11) is 1.68. The molecule has 0 aliphatic heterocycles. The van der Waals surface area contributed by atoms with Gasteiger partial charge in [-0.1, -0.05) is 20.8 Å². The van der Waals surface area contributed by atoms with Gasteiger partial charge in [0.1, 0.15) is 5.75 Å². The Labute approximate surface area is 139 Å². The highest BCUT2D eigenvalue weighted by Crippen LogP contribution is 2.52. The molecular weight excluding hydrogens is 284 g/mol. The molecule has 0 aromatic carbocycles.